The number of amides is 1. The highest BCUT2D eigenvalue weighted by atomic mass is 19.1. The fourth-order valence-electron chi connectivity index (χ4n) is 0.971. The highest BCUT2D eigenvalue weighted by Crippen LogP contribution is 2.17. The van der Waals surface area contributed by atoms with Gasteiger partial charge in [0.15, 0.2) is 0 Å². The Labute approximate surface area is 80.1 Å². The molecule has 0 radical (unpaired) electrons. The SMILES string of the molecule is CN(C)C(=O)c1cc(N)c(F)cc1F. The first-order valence-electron chi connectivity index (χ1n) is 3.89. The van der Waals surface area contributed by atoms with E-state index in [0.717, 1.165) is 6.07 Å². The van der Waals surface area contributed by atoms with Crippen molar-refractivity contribution in [2.75, 3.05) is 19.8 Å². The number of nitrogens with two attached hydrogens (primary N) is 1. The lowest BCUT2D eigenvalue weighted by Crippen LogP contribution is -2.23. The van der Waals surface area contributed by atoms with Crippen LogP contribution in [0.25, 0.3) is 0 Å². The van der Waals surface area contributed by atoms with Crippen molar-refractivity contribution < 1.29 is 13.6 Å². The molecule has 76 valence electrons. The van der Waals surface area contributed by atoms with Gasteiger partial charge >= 0.3 is 0 Å². The molecule has 5 heteroatoms. The first kappa shape index (κ1) is 10.4. The topological polar surface area (TPSA) is 46.3 Å². The number of rotatable bonds is 1. The largest absolute Gasteiger partial charge is 0.396 e. The zero-order chi connectivity index (χ0) is 10.9. The van der Waals surface area contributed by atoms with Crippen LogP contribution < -0.4 is 5.73 Å². The summed E-state index contributed by atoms with van der Waals surface area (Å²) in [4.78, 5) is 12.5. The zero-order valence-electron chi connectivity index (χ0n) is 7.84. The van der Waals surface area contributed by atoms with Crippen molar-refractivity contribution >= 4 is 11.6 Å². The van der Waals surface area contributed by atoms with E-state index in [1.54, 1.807) is 0 Å². The number of benzene rings is 1. The average Bonchev–Trinajstić information content (AvgIpc) is 2.10. The van der Waals surface area contributed by atoms with E-state index in [1.807, 2.05) is 0 Å². The van der Waals surface area contributed by atoms with Crippen LogP contribution >= 0.6 is 0 Å². The molecule has 1 aromatic carbocycles. The van der Waals surface area contributed by atoms with Gasteiger partial charge in [-0.05, 0) is 6.07 Å². The van der Waals surface area contributed by atoms with E-state index >= 15 is 0 Å². The molecule has 0 saturated carbocycles. The highest BCUT2D eigenvalue weighted by molar-refractivity contribution is 5.95. The maximum absolute atomic E-state index is 13.1. The van der Waals surface area contributed by atoms with Crippen LogP contribution in [0.3, 0.4) is 0 Å². The fraction of sp³-hybridized carbons (Fsp3) is 0.222. The van der Waals surface area contributed by atoms with E-state index < -0.39 is 17.5 Å². The smallest absolute Gasteiger partial charge is 0.256 e. The summed E-state index contributed by atoms with van der Waals surface area (Å²) in [5.74, 6) is -2.32. The van der Waals surface area contributed by atoms with Crippen molar-refractivity contribution in [1.29, 1.82) is 0 Å². The molecule has 1 rings (SSSR count). The van der Waals surface area contributed by atoms with E-state index in [4.69, 9.17) is 5.73 Å². The standard InChI is InChI=1S/C9H10F2N2O/c1-13(2)9(14)5-3-8(12)7(11)4-6(5)10/h3-4H,12H2,1-2H3. The maximum atomic E-state index is 13.1. The Morgan fingerprint density at radius 1 is 1.29 bits per heavy atom. The van der Waals surface area contributed by atoms with Gasteiger partial charge in [0.25, 0.3) is 5.91 Å². The number of carbonyl (C=O) groups excluding carboxylic acids is 1. The predicted molar refractivity (Wildman–Crippen MR) is 48.8 cm³/mol. The van der Waals surface area contributed by atoms with Crippen molar-refractivity contribution in [1.82, 2.24) is 4.90 Å². The lowest BCUT2D eigenvalue weighted by Gasteiger charge is -2.11. The third-order valence-corrected chi connectivity index (χ3v) is 1.72. The second-order valence-corrected chi connectivity index (χ2v) is 3.05. The second kappa shape index (κ2) is 3.61. The first-order chi connectivity index (χ1) is 6.43. The Hall–Kier alpha value is -1.65. The zero-order valence-corrected chi connectivity index (χ0v) is 7.84. The molecule has 14 heavy (non-hydrogen) atoms. The molecule has 0 fully saturated rings. The van der Waals surface area contributed by atoms with E-state index in [-0.39, 0.29) is 11.3 Å². The van der Waals surface area contributed by atoms with Gasteiger partial charge in [-0.1, -0.05) is 0 Å². The molecular formula is C9H10F2N2O. The molecule has 0 bridgehead atoms. The minimum absolute atomic E-state index is 0.228. The van der Waals surface area contributed by atoms with Crippen molar-refractivity contribution in [3.63, 3.8) is 0 Å². The Kier molecular flexibility index (Phi) is 2.69. The van der Waals surface area contributed by atoms with Gasteiger partial charge in [0.05, 0.1) is 11.3 Å². The molecule has 3 nitrogen and oxygen atoms in total. The molecule has 0 spiro atoms. The Balaban J connectivity index is 3.22. The van der Waals surface area contributed by atoms with Crippen LogP contribution in [-0.2, 0) is 0 Å². The average molecular weight is 200 g/mol. The molecule has 0 aliphatic rings. The number of hydrogen-bond acceptors (Lipinski definition) is 2. The minimum atomic E-state index is -0.907. The van der Waals surface area contributed by atoms with Crippen LogP contribution in [-0.4, -0.2) is 24.9 Å². The van der Waals surface area contributed by atoms with Gasteiger partial charge in [0.1, 0.15) is 11.6 Å². The van der Waals surface area contributed by atoms with E-state index in [9.17, 15) is 13.6 Å². The maximum Gasteiger partial charge on any atom is 0.256 e. The monoisotopic (exact) mass is 200 g/mol. The number of hydrogen-bond donors (Lipinski definition) is 1. The van der Waals surface area contributed by atoms with Gasteiger partial charge in [0.2, 0.25) is 0 Å². The minimum Gasteiger partial charge on any atom is -0.396 e. The van der Waals surface area contributed by atoms with E-state index in [1.165, 1.54) is 19.0 Å². The quantitative estimate of drug-likeness (QED) is 0.693. The predicted octanol–water partition coefficient (Wildman–Crippen LogP) is 1.25. The molecule has 0 atom stereocenters. The fourth-order valence-corrected chi connectivity index (χ4v) is 0.971. The van der Waals surface area contributed by atoms with Gasteiger partial charge in [-0.15, -0.1) is 0 Å². The third-order valence-electron chi connectivity index (χ3n) is 1.72. The molecule has 0 unspecified atom stereocenters. The number of halogens is 2. The molecule has 0 heterocycles. The van der Waals surface area contributed by atoms with E-state index in [2.05, 4.69) is 0 Å². The molecule has 0 aliphatic carbocycles. The van der Waals surface area contributed by atoms with Crippen molar-refractivity contribution in [2.45, 2.75) is 0 Å². The summed E-state index contributed by atoms with van der Waals surface area (Å²) in [7, 11) is 2.95. The van der Waals surface area contributed by atoms with Crippen molar-refractivity contribution in [2.24, 2.45) is 0 Å². The van der Waals surface area contributed by atoms with Gasteiger partial charge in [-0.3, -0.25) is 4.79 Å². The first-order valence-corrected chi connectivity index (χ1v) is 3.89. The van der Waals surface area contributed by atoms with Gasteiger partial charge in [-0.2, -0.15) is 0 Å². The summed E-state index contributed by atoms with van der Waals surface area (Å²) in [5, 5.41) is 0. The van der Waals surface area contributed by atoms with Crippen LogP contribution in [0, 0.1) is 11.6 Å². The highest BCUT2D eigenvalue weighted by Gasteiger charge is 2.16. The van der Waals surface area contributed by atoms with Crippen LogP contribution in [0.2, 0.25) is 0 Å². The Morgan fingerprint density at radius 3 is 2.36 bits per heavy atom. The number of nitrogens with zero attached hydrogens (tertiary/aromatic N) is 1. The third kappa shape index (κ3) is 1.81. The van der Waals surface area contributed by atoms with Gasteiger partial charge in [0, 0.05) is 20.2 Å². The Morgan fingerprint density at radius 2 is 1.86 bits per heavy atom. The summed E-state index contributed by atoms with van der Waals surface area (Å²) < 4.78 is 25.8. The molecule has 0 aliphatic heterocycles. The van der Waals surface area contributed by atoms with Crippen molar-refractivity contribution in [3.05, 3.63) is 29.3 Å². The van der Waals surface area contributed by atoms with Gasteiger partial charge < -0.3 is 10.6 Å². The molecule has 0 aromatic heterocycles. The molecule has 1 amide bonds. The molecule has 0 saturated heterocycles. The summed E-state index contributed by atoms with van der Waals surface area (Å²) in [6, 6.07) is 1.60. The molecular weight excluding hydrogens is 190 g/mol. The summed E-state index contributed by atoms with van der Waals surface area (Å²) in [6.07, 6.45) is 0. The van der Waals surface area contributed by atoms with Crippen molar-refractivity contribution in [3.8, 4) is 0 Å². The summed E-state index contributed by atoms with van der Waals surface area (Å²) >= 11 is 0. The number of carbonyl (C=O) groups is 1. The lowest BCUT2D eigenvalue weighted by molar-refractivity contribution is 0.0823. The Bertz CT molecular complexity index is 377. The van der Waals surface area contributed by atoms with Gasteiger partial charge in [-0.25, -0.2) is 8.78 Å². The van der Waals surface area contributed by atoms with Crippen LogP contribution in [0.1, 0.15) is 10.4 Å². The van der Waals surface area contributed by atoms with Crippen LogP contribution in [0.5, 0.6) is 0 Å². The molecule has 2 N–H and O–H groups in total. The van der Waals surface area contributed by atoms with E-state index in [0.29, 0.717) is 6.07 Å². The van der Waals surface area contributed by atoms with Crippen LogP contribution in [0.4, 0.5) is 14.5 Å². The number of nitrogen functional groups attached to an aromatic ring is 1. The normalized spacial score (nSPS) is 10.0. The number of anilines is 1. The molecule has 1 aromatic rings. The van der Waals surface area contributed by atoms with Crippen LogP contribution in [0.15, 0.2) is 12.1 Å². The summed E-state index contributed by atoms with van der Waals surface area (Å²) in [5.41, 5.74) is 4.75. The lowest BCUT2D eigenvalue weighted by atomic mass is 10.1. The second-order valence-electron chi connectivity index (χ2n) is 3.05. The summed E-state index contributed by atoms with van der Waals surface area (Å²) in [6.45, 7) is 0.